The minimum Gasteiger partial charge on any atom is -0.398 e. The highest BCUT2D eigenvalue weighted by Gasteiger charge is 2.12. The van der Waals surface area contributed by atoms with Gasteiger partial charge in [0, 0.05) is 29.1 Å². The zero-order valence-corrected chi connectivity index (χ0v) is 10.2. The van der Waals surface area contributed by atoms with Crippen LogP contribution in [0.3, 0.4) is 0 Å². The Morgan fingerprint density at radius 3 is 2.82 bits per heavy atom. The summed E-state index contributed by atoms with van der Waals surface area (Å²) in [6.45, 7) is 3.57. The molecule has 0 aliphatic rings. The van der Waals surface area contributed by atoms with Crippen LogP contribution in [0.15, 0.2) is 12.3 Å². The van der Waals surface area contributed by atoms with E-state index in [-0.39, 0.29) is 5.91 Å². The van der Waals surface area contributed by atoms with Crippen molar-refractivity contribution in [3.05, 3.63) is 29.3 Å². The average molecular weight is 249 g/mol. The summed E-state index contributed by atoms with van der Waals surface area (Å²) < 4.78 is 3.97. The lowest BCUT2D eigenvalue weighted by Gasteiger charge is -2.04. The molecule has 0 aliphatic carbocycles. The first-order valence-electron chi connectivity index (χ1n) is 4.90. The summed E-state index contributed by atoms with van der Waals surface area (Å²) in [5.74, 6) is 0.298. The summed E-state index contributed by atoms with van der Waals surface area (Å²) in [7, 11) is 0. The monoisotopic (exact) mass is 249 g/mol. The summed E-state index contributed by atoms with van der Waals surface area (Å²) in [5.41, 5.74) is 7.25. The van der Waals surface area contributed by atoms with Crippen LogP contribution in [0.2, 0.25) is 0 Å². The largest absolute Gasteiger partial charge is 0.398 e. The molecule has 7 heteroatoms. The number of carbonyl (C=O) groups excluding carboxylic acids is 1. The van der Waals surface area contributed by atoms with Gasteiger partial charge in [-0.1, -0.05) is 0 Å². The third kappa shape index (κ3) is 2.56. The Hall–Kier alpha value is -2.02. The molecule has 6 nitrogen and oxygen atoms in total. The van der Waals surface area contributed by atoms with Crippen LogP contribution in [-0.2, 0) is 0 Å². The number of hydrogen-bond acceptors (Lipinski definition) is 6. The van der Waals surface area contributed by atoms with Crippen molar-refractivity contribution in [3.63, 3.8) is 0 Å². The predicted molar refractivity (Wildman–Crippen MR) is 66.0 cm³/mol. The van der Waals surface area contributed by atoms with E-state index < -0.39 is 0 Å². The van der Waals surface area contributed by atoms with Gasteiger partial charge in [0.1, 0.15) is 5.82 Å². The predicted octanol–water partition coefficient (Wildman–Crippen LogP) is 1.38. The number of amides is 1. The van der Waals surface area contributed by atoms with Crippen molar-refractivity contribution in [2.24, 2.45) is 0 Å². The van der Waals surface area contributed by atoms with E-state index in [4.69, 9.17) is 5.73 Å². The van der Waals surface area contributed by atoms with Crippen molar-refractivity contribution in [1.82, 2.24) is 14.3 Å². The van der Waals surface area contributed by atoms with Gasteiger partial charge in [0.2, 0.25) is 5.13 Å². The molecule has 0 saturated carbocycles. The summed E-state index contributed by atoms with van der Waals surface area (Å²) in [6.07, 6.45) is 1.45. The van der Waals surface area contributed by atoms with Crippen LogP contribution in [0, 0.1) is 13.8 Å². The average Bonchev–Trinajstić information content (AvgIpc) is 2.63. The van der Waals surface area contributed by atoms with E-state index in [1.54, 1.807) is 13.0 Å². The van der Waals surface area contributed by atoms with Gasteiger partial charge >= 0.3 is 0 Å². The third-order valence-corrected chi connectivity index (χ3v) is 2.79. The minimum atomic E-state index is -0.328. The van der Waals surface area contributed by atoms with Crippen LogP contribution in [0.5, 0.6) is 0 Å². The normalized spacial score (nSPS) is 10.2. The molecule has 3 N–H and O–H groups in total. The topological polar surface area (TPSA) is 93.8 Å². The van der Waals surface area contributed by atoms with E-state index >= 15 is 0 Å². The van der Waals surface area contributed by atoms with E-state index in [0.29, 0.717) is 22.2 Å². The number of rotatable bonds is 2. The standard InChI is InChI=1S/C10H11N5OS/c1-5-3-8(11)7(4-12-5)9(16)14-10-13-6(2)15-17-10/h3-4H,1-2H3,(H2,11,12)(H,13,14,15,16). The molecule has 0 unspecified atom stereocenters. The highest BCUT2D eigenvalue weighted by atomic mass is 32.1. The van der Waals surface area contributed by atoms with Gasteiger partial charge in [-0.25, -0.2) is 4.98 Å². The number of anilines is 2. The van der Waals surface area contributed by atoms with Crippen LogP contribution < -0.4 is 11.1 Å². The molecule has 0 spiro atoms. The van der Waals surface area contributed by atoms with E-state index in [0.717, 1.165) is 17.2 Å². The molecule has 2 rings (SSSR count). The summed E-state index contributed by atoms with van der Waals surface area (Å²) >= 11 is 1.13. The number of nitrogens with zero attached hydrogens (tertiary/aromatic N) is 3. The Bertz CT molecular complexity index is 566. The molecule has 0 aliphatic heterocycles. The Labute approximate surface area is 102 Å². The van der Waals surface area contributed by atoms with E-state index in [1.807, 2.05) is 6.92 Å². The maximum atomic E-state index is 11.9. The lowest BCUT2D eigenvalue weighted by molar-refractivity contribution is 0.102. The Morgan fingerprint density at radius 1 is 1.47 bits per heavy atom. The molecule has 0 aromatic carbocycles. The summed E-state index contributed by atoms with van der Waals surface area (Å²) in [4.78, 5) is 19.9. The lowest BCUT2D eigenvalue weighted by Crippen LogP contribution is -2.14. The van der Waals surface area contributed by atoms with Gasteiger partial charge in [0.15, 0.2) is 0 Å². The minimum absolute atomic E-state index is 0.328. The second kappa shape index (κ2) is 4.46. The van der Waals surface area contributed by atoms with Gasteiger partial charge in [-0.05, 0) is 19.9 Å². The molecule has 0 saturated heterocycles. The van der Waals surface area contributed by atoms with Crippen LogP contribution in [0.1, 0.15) is 21.9 Å². The number of aryl methyl sites for hydroxylation is 2. The van der Waals surface area contributed by atoms with Crippen molar-refractivity contribution in [1.29, 1.82) is 0 Å². The summed E-state index contributed by atoms with van der Waals surface area (Å²) in [5, 5.41) is 3.08. The highest BCUT2D eigenvalue weighted by Crippen LogP contribution is 2.15. The van der Waals surface area contributed by atoms with Gasteiger partial charge in [0.05, 0.1) is 5.56 Å². The van der Waals surface area contributed by atoms with Crippen LogP contribution in [0.25, 0.3) is 0 Å². The number of pyridine rings is 1. The molecule has 0 fully saturated rings. The quantitative estimate of drug-likeness (QED) is 0.838. The number of nitrogens with one attached hydrogen (secondary N) is 1. The second-order valence-electron chi connectivity index (χ2n) is 3.51. The number of nitrogens with two attached hydrogens (primary N) is 1. The molecule has 88 valence electrons. The van der Waals surface area contributed by atoms with Gasteiger partial charge in [-0.3, -0.25) is 15.1 Å². The number of aromatic nitrogens is 3. The molecule has 2 aromatic rings. The molecule has 1 amide bonds. The molecule has 0 atom stereocenters. The smallest absolute Gasteiger partial charge is 0.261 e. The molecule has 0 bridgehead atoms. The number of hydrogen-bond donors (Lipinski definition) is 2. The Balaban J connectivity index is 2.20. The highest BCUT2D eigenvalue weighted by molar-refractivity contribution is 7.09. The Kier molecular flexibility index (Phi) is 3.01. The van der Waals surface area contributed by atoms with E-state index in [9.17, 15) is 4.79 Å². The SMILES string of the molecule is Cc1cc(N)c(C(=O)Nc2nc(C)ns2)cn1. The van der Waals surface area contributed by atoms with Crippen molar-refractivity contribution < 1.29 is 4.79 Å². The molecule has 0 radical (unpaired) electrons. The van der Waals surface area contributed by atoms with Gasteiger partial charge in [0.25, 0.3) is 5.91 Å². The molecule has 2 heterocycles. The Morgan fingerprint density at radius 2 is 2.24 bits per heavy atom. The first kappa shape index (κ1) is 11.5. The maximum Gasteiger partial charge on any atom is 0.261 e. The number of carbonyl (C=O) groups is 1. The maximum absolute atomic E-state index is 11.9. The molecular formula is C10H11N5OS. The fourth-order valence-corrected chi connectivity index (χ4v) is 1.85. The van der Waals surface area contributed by atoms with Crippen molar-refractivity contribution in [2.75, 3.05) is 11.1 Å². The van der Waals surface area contributed by atoms with Crippen LogP contribution in [-0.4, -0.2) is 20.2 Å². The van der Waals surface area contributed by atoms with Gasteiger partial charge < -0.3 is 5.73 Å². The van der Waals surface area contributed by atoms with E-state index in [1.165, 1.54) is 6.20 Å². The van der Waals surface area contributed by atoms with Crippen molar-refractivity contribution in [3.8, 4) is 0 Å². The zero-order chi connectivity index (χ0) is 12.4. The first-order valence-corrected chi connectivity index (χ1v) is 5.67. The van der Waals surface area contributed by atoms with Crippen LogP contribution >= 0.6 is 11.5 Å². The summed E-state index contributed by atoms with van der Waals surface area (Å²) in [6, 6.07) is 1.65. The fourth-order valence-electron chi connectivity index (χ4n) is 1.28. The molecular weight excluding hydrogens is 238 g/mol. The lowest BCUT2D eigenvalue weighted by atomic mass is 10.2. The first-order chi connectivity index (χ1) is 8.06. The zero-order valence-electron chi connectivity index (χ0n) is 9.39. The van der Waals surface area contributed by atoms with Gasteiger partial charge in [-0.2, -0.15) is 4.37 Å². The molecule has 2 aromatic heterocycles. The third-order valence-electron chi connectivity index (χ3n) is 2.07. The van der Waals surface area contributed by atoms with Crippen molar-refractivity contribution >= 4 is 28.3 Å². The second-order valence-corrected chi connectivity index (χ2v) is 4.27. The van der Waals surface area contributed by atoms with E-state index in [2.05, 4.69) is 19.7 Å². The molecule has 17 heavy (non-hydrogen) atoms. The van der Waals surface area contributed by atoms with Crippen molar-refractivity contribution in [2.45, 2.75) is 13.8 Å². The van der Waals surface area contributed by atoms with Crippen LogP contribution in [0.4, 0.5) is 10.8 Å². The number of nitrogen functional groups attached to an aromatic ring is 1. The fraction of sp³-hybridized carbons (Fsp3) is 0.200. The van der Waals surface area contributed by atoms with Gasteiger partial charge in [-0.15, -0.1) is 0 Å².